The summed E-state index contributed by atoms with van der Waals surface area (Å²) in [5, 5.41) is 0. The minimum absolute atomic E-state index is 0.0627. The standard InChI is InChI=1S/C13H26N2O/c1-8-6-9(2)12(5)15(7-8)13(16)10(3)11(4)14/h8-12H,6-7,14H2,1-5H3. The van der Waals surface area contributed by atoms with Crippen LogP contribution in [0.1, 0.15) is 41.0 Å². The van der Waals surface area contributed by atoms with Crippen LogP contribution >= 0.6 is 0 Å². The summed E-state index contributed by atoms with van der Waals surface area (Å²) in [6, 6.07) is 0.289. The molecule has 1 heterocycles. The van der Waals surface area contributed by atoms with E-state index in [2.05, 4.69) is 20.8 Å². The predicted octanol–water partition coefficient (Wildman–Crippen LogP) is 1.86. The minimum Gasteiger partial charge on any atom is -0.339 e. The lowest BCUT2D eigenvalue weighted by Crippen LogP contribution is -2.52. The van der Waals surface area contributed by atoms with E-state index in [4.69, 9.17) is 5.73 Å². The molecule has 1 rings (SSSR count). The first-order valence-electron chi connectivity index (χ1n) is 6.40. The quantitative estimate of drug-likeness (QED) is 0.781. The van der Waals surface area contributed by atoms with Gasteiger partial charge in [0.15, 0.2) is 0 Å². The molecule has 0 spiro atoms. The largest absolute Gasteiger partial charge is 0.339 e. The average Bonchev–Trinajstić information content (AvgIpc) is 2.21. The van der Waals surface area contributed by atoms with Gasteiger partial charge < -0.3 is 10.6 Å². The third kappa shape index (κ3) is 2.76. The van der Waals surface area contributed by atoms with E-state index in [1.807, 2.05) is 18.7 Å². The number of hydrogen-bond acceptors (Lipinski definition) is 2. The van der Waals surface area contributed by atoms with Crippen molar-refractivity contribution in [2.45, 2.75) is 53.1 Å². The first kappa shape index (κ1) is 13.5. The van der Waals surface area contributed by atoms with Crippen LogP contribution in [0.25, 0.3) is 0 Å². The van der Waals surface area contributed by atoms with Crippen molar-refractivity contribution in [2.24, 2.45) is 23.5 Å². The first-order chi connectivity index (χ1) is 7.34. The van der Waals surface area contributed by atoms with Crippen LogP contribution in [0.15, 0.2) is 0 Å². The summed E-state index contributed by atoms with van der Waals surface area (Å²) in [5.74, 6) is 1.35. The number of carbonyl (C=O) groups excluding carboxylic acids is 1. The second kappa shape index (κ2) is 5.17. The molecule has 3 heteroatoms. The number of hydrogen-bond donors (Lipinski definition) is 1. The number of carbonyl (C=O) groups is 1. The van der Waals surface area contributed by atoms with E-state index in [9.17, 15) is 4.79 Å². The van der Waals surface area contributed by atoms with Crippen molar-refractivity contribution >= 4 is 5.91 Å². The Balaban J connectivity index is 2.74. The maximum atomic E-state index is 12.3. The van der Waals surface area contributed by atoms with Crippen LogP contribution in [-0.2, 0) is 4.79 Å². The molecule has 0 saturated carbocycles. The molecule has 0 aliphatic carbocycles. The predicted molar refractivity (Wildman–Crippen MR) is 66.9 cm³/mol. The Morgan fingerprint density at radius 3 is 2.38 bits per heavy atom. The molecule has 1 amide bonds. The zero-order valence-electron chi connectivity index (χ0n) is 11.2. The van der Waals surface area contributed by atoms with Crippen LogP contribution < -0.4 is 5.73 Å². The van der Waals surface area contributed by atoms with Crippen molar-refractivity contribution < 1.29 is 4.79 Å². The molecule has 0 aromatic carbocycles. The molecule has 3 nitrogen and oxygen atoms in total. The van der Waals surface area contributed by atoms with Crippen molar-refractivity contribution in [3.05, 3.63) is 0 Å². The van der Waals surface area contributed by atoms with Gasteiger partial charge in [-0.2, -0.15) is 0 Å². The van der Waals surface area contributed by atoms with E-state index in [-0.39, 0.29) is 17.9 Å². The van der Waals surface area contributed by atoms with E-state index in [0.717, 1.165) is 6.54 Å². The normalized spacial score (nSPS) is 34.6. The Bertz CT molecular complexity index is 252. The van der Waals surface area contributed by atoms with Crippen LogP contribution in [0.3, 0.4) is 0 Å². The molecule has 1 aliphatic heterocycles. The average molecular weight is 226 g/mol. The molecule has 94 valence electrons. The fraction of sp³-hybridized carbons (Fsp3) is 0.923. The highest BCUT2D eigenvalue weighted by Crippen LogP contribution is 2.28. The lowest BCUT2D eigenvalue weighted by molar-refractivity contribution is -0.141. The SMILES string of the molecule is CC1CC(C)C(C)N(C(=O)C(C)C(C)N)C1. The summed E-state index contributed by atoms with van der Waals surface area (Å²) in [5.41, 5.74) is 5.81. The first-order valence-corrected chi connectivity index (χ1v) is 6.40. The van der Waals surface area contributed by atoms with Crippen LogP contribution in [0.5, 0.6) is 0 Å². The number of amides is 1. The zero-order valence-corrected chi connectivity index (χ0v) is 11.2. The van der Waals surface area contributed by atoms with Crippen molar-refractivity contribution in [1.82, 2.24) is 4.90 Å². The molecule has 2 N–H and O–H groups in total. The van der Waals surface area contributed by atoms with E-state index in [1.165, 1.54) is 6.42 Å². The van der Waals surface area contributed by atoms with Crippen molar-refractivity contribution in [2.75, 3.05) is 6.54 Å². The molecule has 0 aromatic heterocycles. The van der Waals surface area contributed by atoms with Gasteiger partial charge in [-0.05, 0) is 32.1 Å². The van der Waals surface area contributed by atoms with E-state index in [1.54, 1.807) is 0 Å². The molecule has 1 fully saturated rings. The van der Waals surface area contributed by atoms with Crippen molar-refractivity contribution in [3.63, 3.8) is 0 Å². The van der Waals surface area contributed by atoms with Gasteiger partial charge in [0.1, 0.15) is 0 Å². The maximum Gasteiger partial charge on any atom is 0.227 e. The molecule has 16 heavy (non-hydrogen) atoms. The fourth-order valence-corrected chi connectivity index (χ4v) is 2.49. The van der Waals surface area contributed by atoms with Gasteiger partial charge in [0.25, 0.3) is 0 Å². The van der Waals surface area contributed by atoms with Crippen molar-refractivity contribution in [3.8, 4) is 0 Å². The molecular weight excluding hydrogens is 200 g/mol. The molecule has 1 aliphatic rings. The summed E-state index contributed by atoms with van der Waals surface area (Å²) < 4.78 is 0. The third-order valence-electron chi connectivity index (χ3n) is 4.06. The Labute approximate surface area is 99.4 Å². The van der Waals surface area contributed by atoms with Gasteiger partial charge in [0.2, 0.25) is 5.91 Å². The summed E-state index contributed by atoms with van der Waals surface area (Å²) in [6.07, 6.45) is 1.22. The van der Waals surface area contributed by atoms with Gasteiger partial charge in [-0.1, -0.05) is 20.8 Å². The lowest BCUT2D eigenvalue weighted by atomic mass is 9.85. The van der Waals surface area contributed by atoms with Gasteiger partial charge in [0.05, 0.1) is 5.92 Å². The summed E-state index contributed by atoms with van der Waals surface area (Å²) in [7, 11) is 0. The highest BCUT2D eigenvalue weighted by molar-refractivity contribution is 5.79. The van der Waals surface area contributed by atoms with E-state index in [0.29, 0.717) is 17.9 Å². The molecule has 5 unspecified atom stereocenters. The van der Waals surface area contributed by atoms with Crippen LogP contribution in [-0.4, -0.2) is 29.4 Å². The van der Waals surface area contributed by atoms with Gasteiger partial charge in [-0.15, -0.1) is 0 Å². The zero-order chi connectivity index (χ0) is 12.5. The monoisotopic (exact) mass is 226 g/mol. The highest BCUT2D eigenvalue weighted by Gasteiger charge is 2.34. The summed E-state index contributed by atoms with van der Waals surface area (Å²) in [4.78, 5) is 14.3. The van der Waals surface area contributed by atoms with E-state index < -0.39 is 0 Å². The molecule has 0 bridgehead atoms. The molecular formula is C13H26N2O. The van der Waals surface area contributed by atoms with Crippen molar-refractivity contribution in [1.29, 1.82) is 0 Å². The number of piperidine rings is 1. The van der Waals surface area contributed by atoms with Gasteiger partial charge in [-0.25, -0.2) is 0 Å². The second-order valence-electron chi connectivity index (χ2n) is 5.70. The third-order valence-corrected chi connectivity index (χ3v) is 4.06. The Morgan fingerprint density at radius 1 is 1.31 bits per heavy atom. The smallest absolute Gasteiger partial charge is 0.227 e. The Morgan fingerprint density at radius 2 is 1.88 bits per heavy atom. The van der Waals surface area contributed by atoms with Crippen LogP contribution in [0.4, 0.5) is 0 Å². The second-order valence-corrected chi connectivity index (χ2v) is 5.70. The molecule has 0 aromatic rings. The summed E-state index contributed by atoms with van der Waals surface area (Å²) >= 11 is 0. The number of rotatable bonds is 2. The maximum absolute atomic E-state index is 12.3. The number of nitrogens with zero attached hydrogens (tertiary/aromatic N) is 1. The molecule has 5 atom stereocenters. The Kier molecular flexibility index (Phi) is 4.36. The lowest BCUT2D eigenvalue weighted by Gasteiger charge is -2.42. The number of nitrogens with two attached hydrogens (primary N) is 1. The Hall–Kier alpha value is -0.570. The fourth-order valence-electron chi connectivity index (χ4n) is 2.49. The van der Waals surface area contributed by atoms with Crippen LogP contribution in [0.2, 0.25) is 0 Å². The number of likely N-dealkylation sites (tertiary alicyclic amines) is 1. The molecule has 1 saturated heterocycles. The van der Waals surface area contributed by atoms with Gasteiger partial charge in [0, 0.05) is 18.6 Å². The van der Waals surface area contributed by atoms with Gasteiger partial charge in [-0.3, -0.25) is 4.79 Å². The van der Waals surface area contributed by atoms with Crippen LogP contribution in [0, 0.1) is 17.8 Å². The highest BCUT2D eigenvalue weighted by atomic mass is 16.2. The topological polar surface area (TPSA) is 46.3 Å². The molecule has 0 radical (unpaired) electrons. The van der Waals surface area contributed by atoms with E-state index >= 15 is 0 Å². The summed E-state index contributed by atoms with van der Waals surface area (Å²) in [6.45, 7) is 11.3. The van der Waals surface area contributed by atoms with Gasteiger partial charge >= 0.3 is 0 Å². The minimum atomic E-state index is -0.0695.